The van der Waals surface area contributed by atoms with Crippen molar-refractivity contribution in [3.05, 3.63) is 53.5 Å². The molecule has 112 valence electrons. The molecule has 0 radical (unpaired) electrons. The summed E-state index contributed by atoms with van der Waals surface area (Å²) in [5, 5.41) is 2.46. The molecule has 2 aromatic rings. The summed E-state index contributed by atoms with van der Waals surface area (Å²) in [5.41, 5.74) is -0.486. The molecule has 0 spiro atoms. The highest BCUT2D eigenvalue weighted by molar-refractivity contribution is 5.90. The van der Waals surface area contributed by atoms with E-state index in [-0.39, 0.29) is 23.6 Å². The van der Waals surface area contributed by atoms with Crippen molar-refractivity contribution in [1.82, 2.24) is 0 Å². The van der Waals surface area contributed by atoms with E-state index in [0.29, 0.717) is 12.2 Å². The van der Waals surface area contributed by atoms with Crippen LogP contribution in [0.2, 0.25) is 0 Å². The number of hydrogen-bond acceptors (Lipinski definition) is 2. The maximum absolute atomic E-state index is 12.8. The molecule has 21 heavy (non-hydrogen) atoms. The van der Waals surface area contributed by atoms with E-state index in [0.717, 1.165) is 6.07 Å². The molecule has 1 amide bonds. The SMILES string of the molecule is Cc1ccc(NC(=O)CCc2ccco2)cc1C(F)(F)F. The molecule has 1 aromatic heterocycles. The summed E-state index contributed by atoms with van der Waals surface area (Å²) >= 11 is 0. The van der Waals surface area contributed by atoms with E-state index in [9.17, 15) is 18.0 Å². The van der Waals surface area contributed by atoms with Crippen LogP contribution < -0.4 is 5.32 Å². The number of benzene rings is 1. The number of anilines is 1. The molecule has 0 aliphatic carbocycles. The first-order valence-electron chi connectivity index (χ1n) is 6.36. The first-order valence-corrected chi connectivity index (χ1v) is 6.36. The number of carbonyl (C=O) groups excluding carboxylic acids is 1. The monoisotopic (exact) mass is 297 g/mol. The molecule has 1 N–H and O–H groups in total. The van der Waals surface area contributed by atoms with Crippen LogP contribution in [-0.4, -0.2) is 5.91 Å². The Morgan fingerprint density at radius 2 is 2.05 bits per heavy atom. The van der Waals surface area contributed by atoms with Crippen LogP contribution in [-0.2, 0) is 17.4 Å². The van der Waals surface area contributed by atoms with Crippen molar-refractivity contribution in [2.75, 3.05) is 5.32 Å². The van der Waals surface area contributed by atoms with Gasteiger partial charge in [-0.1, -0.05) is 6.07 Å². The lowest BCUT2D eigenvalue weighted by atomic mass is 10.1. The van der Waals surface area contributed by atoms with Gasteiger partial charge in [-0.05, 0) is 36.8 Å². The predicted molar refractivity (Wildman–Crippen MR) is 71.8 cm³/mol. The second-order valence-electron chi connectivity index (χ2n) is 4.65. The smallest absolute Gasteiger partial charge is 0.416 e. The quantitative estimate of drug-likeness (QED) is 0.920. The molecule has 0 aliphatic heterocycles. The molecule has 2 rings (SSSR count). The van der Waals surface area contributed by atoms with E-state index in [4.69, 9.17) is 4.42 Å². The van der Waals surface area contributed by atoms with Crippen molar-refractivity contribution in [2.24, 2.45) is 0 Å². The average Bonchev–Trinajstić information content (AvgIpc) is 2.90. The lowest BCUT2D eigenvalue weighted by molar-refractivity contribution is -0.138. The number of aryl methyl sites for hydroxylation is 2. The highest BCUT2D eigenvalue weighted by Gasteiger charge is 2.32. The molecule has 0 aliphatic rings. The van der Waals surface area contributed by atoms with Crippen molar-refractivity contribution in [2.45, 2.75) is 25.9 Å². The Hall–Kier alpha value is -2.24. The van der Waals surface area contributed by atoms with Gasteiger partial charge < -0.3 is 9.73 Å². The Bertz CT molecular complexity index is 618. The van der Waals surface area contributed by atoms with E-state index in [1.165, 1.54) is 25.3 Å². The fourth-order valence-electron chi connectivity index (χ4n) is 1.92. The third-order valence-corrected chi connectivity index (χ3v) is 3.01. The molecule has 0 unspecified atom stereocenters. The number of amides is 1. The summed E-state index contributed by atoms with van der Waals surface area (Å²) < 4.78 is 43.4. The molecule has 0 fully saturated rings. The summed E-state index contributed by atoms with van der Waals surface area (Å²) in [5.74, 6) is 0.299. The van der Waals surface area contributed by atoms with E-state index >= 15 is 0 Å². The van der Waals surface area contributed by atoms with Gasteiger partial charge in [0.05, 0.1) is 11.8 Å². The van der Waals surface area contributed by atoms with E-state index in [2.05, 4.69) is 5.32 Å². The van der Waals surface area contributed by atoms with Crippen LogP contribution in [0.5, 0.6) is 0 Å². The molecule has 0 saturated heterocycles. The normalized spacial score (nSPS) is 11.4. The molecule has 1 aromatic carbocycles. The Kier molecular flexibility index (Phi) is 4.35. The maximum atomic E-state index is 12.8. The molecular weight excluding hydrogens is 283 g/mol. The van der Waals surface area contributed by atoms with Crippen LogP contribution in [0, 0.1) is 6.92 Å². The van der Waals surface area contributed by atoms with E-state index in [1.807, 2.05) is 0 Å². The predicted octanol–water partition coefficient (Wildman–Crippen LogP) is 4.18. The summed E-state index contributed by atoms with van der Waals surface area (Å²) in [6.07, 6.45) is -2.39. The third-order valence-electron chi connectivity index (χ3n) is 3.01. The van der Waals surface area contributed by atoms with Gasteiger partial charge in [0, 0.05) is 18.5 Å². The number of alkyl halides is 3. The molecule has 1 heterocycles. The number of carbonyl (C=O) groups is 1. The van der Waals surface area contributed by atoms with Gasteiger partial charge in [0.25, 0.3) is 0 Å². The van der Waals surface area contributed by atoms with E-state index in [1.54, 1.807) is 12.1 Å². The number of rotatable bonds is 4. The van der Waals surface area contributed by atoms with Crippen LogP contribution in [0.25, 0.3) is 0 Å². The van der Waals surface area contributed by atoms with Gasteiger partial charge in [0.1, 0.15) is 5.76 Å². The molecule has 3 nitrogen and oxygen atoms in total. The first kappa shape index (κ1) is 15.2. The minimum absolute atomic E-state index is 0.121. The van der Waals surface area contributed by atoms with Crippen LogP contribution >= 0.6 is 0 Å². The zero-order valence-electron chi connectivity index (χ0n) is 11.3. The maximum Gasteiger partial charge on any atom is 0.416 e. The van der Waals surface area contributed by atoms with Crippen molar-refractivity contribution >= 4 is 11.6 Å². The van der Waals surface area contributed by atoms with Gasteiger partial charge in [0.15, 0.2) is 0 Å². The van der Waals surface area contributed by atoms with Gasteiger partial charge in [0.2, 0.25) is 5.91 Å². The Morgan fingerprint density at radius 3 is 2.67 bits per heavy atom. The number of halogens is 3. The molecule has 0 saturated carbocycles. The second-order valence-corrected chi connectivity index (χ2v) is 4.65. The van der Waals surface area contributed by atoms with Crippen LogP contribution in [0.3, 0.4) is 0 Å². The van der Waals surface area contributed by atoms with Crippen LogP contribution in [0.4, 0.5) is 18.9 Å². The third kappa shape index (κ3) is 4.11. The zero-order valence-corrected chi connectivity index (χ0v) is 11.3. The highest BCUT2D eigenvalue weighted by Crippen LogP contribution is 2.33. The van der Waals surface area contributed by atoms with Gasteiger partial charge in [-0.2, -0.15) is 13.2 Å². The summed E-state index contributed by atoms with van der Waals surface area (Å²) in [4.78, 5) is 11.7. The zero-order chi connectivity index (χ0) is 15.5. The minimum atomic E-state index is -4.43. The number of furan rings is 1. The standard InChI is InChI=1S/C15H14F3NO2/c1-10-4-5-11(9-13(10)15(16,17)18)19-14(20)7-6-12-3-2-8-21-12/h2-5,8-9H,6-7H2,1H3,(H,19,20). The highest BCUT2D eigenvalue weighted by atomic mass is 19.4. The number of nitrogens with one attached hydrogen (secondary N) is 1. The topological polar surface area (TPSA) is 42.2 Å². The number of hydrogen-bond donors (Lipinski definition) is 1. The minimum Gasteiger partial charge on any atom is -0.469 e. The second kappa shape index (κ2) is 6.03. The van der Waals surface area contributed by atoms with Gasteiger partial charge in [-0.25, -0.2) is 0 Å². The summed E-state index contributed by atoms with van der Waals surface area (Å²) in [6, 6.07) is 7.18. The fourth-order valence-corrected chi connectivity index (χ4v) is 1.92. The van der Waals surface area contributed by atoms with Crippen molar-refractivity contribution in [3.63, 3.8) is 0 Å². The molecular formula is C15H14F3NO2. The van der Waals surface area contributed by atoms with Crippen molar-refractivity contribution < 1.29 is 22.4 Å². The van der Waals surface area contributed by atoms with Crippen LogP contribution in [0.1, 0.15) is 23.3 Å². The van der Waals surface area contributed by atoms with Crippen LogP contribution in [0.15, 0.2) is 41.0 Å². The van der Waals surface area contributed by atoms with Crippen molar-refractivity contribution in [3.8, 4) is 0 Å². The Labute approximate surface area is 119 Å². The largest absolute Gasteiger partial charge is 0.469 e. The lowest BCUT2D eigenvalue weighted by Gasteiger charge is -2.12. The molecule has 0 atom stereocenters. The molecule has 0 bridgehead atoms. The average molecular weight is 297 g/mol. The Balaban J connectivity index is 2.01. The summed E-state index contributed by atoms with van der Waals surface area (Å²) in [6.45, 7) is 1.38. The first-order chi connectivity index (χ1) is 9.86. The molecule has 6 heteroatoms. The van der Waals surface area contributed by atoms with Crippen molar-refractivity contribution in [1.29, 1.82) is 0 Å². The van der Waals surface area contributed by atoms with Gasteiger partial charge in [-0.15, -0.1) is 0 Å². The van der Waals surface area contributed by atoms with E-state index < -0.39 is 11.7 Å². The summed E-state index contributed by atoms with van der Waals surface area (Å²) in [7, 11) is 0. The fraction of sp³-hybridized carbons (Fsp3) is 0.267. The Morgan fingerprint density at radius 1 is 1.29 bits per heavy atom. The lowest BCUT2D eigenvalue weighted by Crippen LogP contribution is -2.14. The van der Waals surface area contributed by atoms with Gasteiger partial charge in [-0.3, -0.25) is 4.79 Å². The van der Waals surface area contributed by atoms with Gasteiger partial charge >= 0.3 is 6.18 Å².